The van der Waals surface area contributed by atoms with Crippen LogP contribution < -0.4 is 4.90 Å². The number of ketones is 1. The molecule has 0 saturated heterocycles. The number of benzene rings is 1. The topological polar surface area (TPSA) is 63.4 Å². The molecule has 0 spiro atoms. The van der Waals surface area contributed by atoms with Gasteiger partial charge in [-0.2, -0.15) is 5.10 Å². The van der Waals surface area contributed by atoms with Crippen molar-refractivity contribution in [1.82, 2.24) is 19.6 Å². The van der Waals surface area contributed by atoms with Crippen LogP contribution in [0.3, 0.4) is 0 Å². The van der Waals surface area contributed by atoms with Gasteiger partial charge >= 0.3 is 0 Å². The zero-order chi connectivity index (χ0) is 20.9. The maximum atomic E-state index is 12.3. The summed E-state index contributed by atoms with van der Waals surface area (Å²) in [5, 5.41) is 4.71. The Kier molecular flexibility index (Phi) is 4.60. The van der Waals surface area contributed by atoms with Gasteiger partial charge in [-0.1, -0.05) is 37.5 Å². The van der Waals surface area contributed by atoms with Gasteiger partial charge < -0.3 is 4.90 Å². The first-order chi connectivity index (χ1) is 14.4. The average molecular weight is 404 g/mol. The highest BCUT2D eigenvalue weighted by Gasteiger charge is 2.37. The van der Waals surface area contributed by atoms with Crippen LogP contribution in [0.15, 0.2) is 30.6 Å². The van der Waals surface area contributed by atoms with Gasteiger partial charge in [0.25, 0.3) is 0 Å². The van der Waals surface area contributed by atoms with Crippen molar-refractivity contribution in [1.29, 1.82) is 0 Å². The van der Waals surface area contributed by atoms with Crippen molar-refractivity contribution in [2.75, 3.05) is 11.9 Å². The van der Waals surface area contributed by atoms with Crippen LogP contribution in [0.4, 0.5) is 5.82 Å². The van der Waals surface area contributed by atoms with Crippen molar-refractivity contribution in [2.24, 2.45) is 0 Å². The Balaban J connectivity index is 1.43. The molecule has 1 saturated carbocycles. The summed E-state index contributed by atoms with van der Waals surface area (Å²) < 4.78 is 1.84. The Labute approximate surface area is 177 Å². The molecular weight excluding hydrogens is 374 g/mol. The van der Waals surface area contributed by atoms with Gasteiger partial charge in [-0.15, -0.1) is 0 Å². The summed E-state index contributed by atoms with van der Waals surface area (Å²) in [6, 6.07) is 6.89. The largest absolute Gasteiger partial charge is 0.354 e. The Morgan fingerprint density at radius 2 is 2.00 bits per heavy atom. The van der Waals surface area contributed by atoms with Crippen LogP contribution in [0, 0.1) is 0 Å². The number of hydrogen-bond donors (Lipinski definition) is 0. The van der Waals surface area contributed by atoms with Crippen molar-refractivity contribution >= 4 is 17.2 Å². The summed E-state index contributed by atoms with van der Waals surface area (Å²) in [6.45, 7) is 4.03. The van der Waals surface area contributed by atoms with Gasteiger partial charge in [0.05, 0.1) is 0 Å². The van der Waals surface area contributed by atoms with Gasteiger partial charge in [0, 0.05) is 43.7 Å². The van der Waals surface area contributed by atoms with Crippen molar-refractivity contribution in [3.8, 4) is 0 Å². The normalized spacial score (nSPS) is 18.7. The van der Waals surface area contributed by atoms with Crippen LogP contribution in [-0.2, 0) is 23.1 Å². The first-order valence-electron chi connectivity index (χ1n) is 11.0. The van der Waals surface area contributed by atoms with E-state index in [0.717, 1.165) is 34.0 Å². The van der Waals surface area contributed by atoms with Gasteiger partial charge in [-0.05, 0) is 43.4 Å². The molecule has 6 nitrogen and oxygen atoms in total. The van der Waals surface area contributed by atoms with Gasteiger partial charge in [0.2, 0.25) is 0 Å². The Hall–Kier alpha value is -2.76. The summed E-state index contributed by atoms with van der Waals surface area (Å²) in [5.74, 6) is 1.98. The van der Waals surface area contributed by atoms with E-state index < -0.39 is 0 Å². The second-order valence-corrected chi connectivity index (χ2v) is 9.34. The average Bonchev–Trinajstić information content (AvgIpc) is 3.25. The quantitative estimate of drug-likeness (QED) is 0.661. The number of nitrogens with zero attached hydrogens (tertiary/aromatic N) is 5. The van der Waals surface area contributed by atoms with E-state index in [1.807, 2.05) is 30.8 Å². The van der Waals surface area contributed by atoms with Crippen LogP contribution in [0.2, 0.25) is 0 Å². The van der Waals surface area contributed by atoms with E-state index >= 15 is 0 Å². The van der Waals surface area contributed by atoms with E-state index in [1.54, 1.807) is 0 Å². The zero-order valence-corrected chi connectivity index (χ0v) is 18.1. The fourth-order valence-electron chi connectivity index (χ4n) is 5.05. The van der Waals surface area contributed by atoms with Crippen LogP contribution in [-0.4, -0.2) is 38.5 Å². The Morgan fingerprint density at radius 1 is 1.20 bits per heavy atom. The molecular formula is C24H29N5O. The highest BCUT2D eigenvalue weighted by Crippen LogP contribution is 2.36. The summed E-state index contributed by atoms with van der Waals surface area (Å²) in [6.07, 6.45) is 11.2. The van der Waals surface area contributed by atoms with Crippen LogP contribution in [0.1, 0.15) is 68.5 Å². The second-order valence-electron chi connectivity index (χ2n) is 9.34. The lowest BCUT2D eigenvalue weighted by atomic mass is 9.85. The predicted molar refractivity (Wildman–Crippen MR) is 117 cm³/mol. The Morgan fingerprint density at radius 3 is 2.80 bits per heavy atom. The molecule has 0 amide bonds. The number of fused-ring (bicyclic) bond motifs is 2. The molecule has 6 heteroatoms. The zero-order valence-electron chi connectivity index (χ0n) is 18.1. The summed E-state index contributed by atoms with van der Waals surface area (Å²) in [7, 11) is 2.13. The molecule has 156 valence electrons. The molecule has 2 aliphatic carbocycles. The number of carbonyl (C=O) groups excluding carboxylic acids is 1. The van der Waals surface area contributed by atoms with E-state index in [0.29, 0.717) is 24.7 Å². The van der Waals surface area contributed by atoms with Gasteiger partial charge in [-0.3, -0.25) is 4.79 Å². The molecule has 0 bridgehead atoms. The second kappa shape index (κ2) is 7.18. The van der Waals surface area contributed by atoms with E-state index in [9.17, 15) is 4.79 Å². The predicted octanol–water partition coefficient (Wildman–Crippen LogP) is 3.89. The van der Waals surface area contributed by atoms with Crippen molar-refractivity contribution in [2.45, 2.75) is 70.3 Å². The molecule has 2 heterocycles. The molecule has 2 aromatic heterocycles. The van der Waals surface area contributed by atoms with E-state index in [-0.39, 0.29) is 5.41 Å². The van der Waals surface area contributed by atoms with Crippen LogP contribution >= 0.6 is 0 Å². The van der Waals surface area contributed by atoms with Crippen LogP contribution in [0.25, 0.3) is 5.65 Å². The Bertz CT molecular complexity index is 1110. The number of carbonyl (C=O) groups is 1. The van der Waals surface area contributed by atoms with Gasteiger partial charge in [0.15, 0.2) is 17.3 Å². The summed E-state index contributed by atoms with van der Waals surface area (Å²) in [5.41, 5.74) is 3.88. The molecule has 0 radical (unpaired) electrons. The van der Waals surface area contributed by atoms with Crippen molar-refractivity contribution in [3.05, 3.63) is 53.1 Å². The van der Waals surface area contributed by atoms with Gasteiger partial charge in [0.1, 0.15) is 5.78 Å². The number of rotatable bonds is 4. The lowest BCUT2D eigenvalue weighted by molar-refractivity contribution is -0.121. The number of anilines is 1. The smallest absolute Gasteiger partial charge is 0.198 e. The molecule has 30 heavy (non-hydrogen) atoms. The molecule has 1 fully saturated rings. The first-order valence-corrected chi connectivity index (χ1v) is 11.0. The summed E-state index contributed by atoms with van der Waals surface area (Å²) >= 11 is 0. The van der Waals surface area contributed by atoms with Crippen molar-refractivity contribution in [3.63, 3.8) is 0 Å². The maximum Gasteiger partial charge on any atom is 0.198 e. The highest BCUT2D eigenvalue weighted by molar-refractivity contribution is 5.95. The minimum atomic E-state index is -0.376. The number of hydrogen-bond acceptors (Lipinski definition) is 5. The molecule has 5 rings (SSSR count). The molecule has 0 unspecified atom stereocenters. The minimum Gasteiger partial charge on any atom is -0.354 e. The fourth-order valence-corrected chi connectivity index (χ4v) is 5.05. The third kappa shape index (κ3) is 3.18. The number of Topliss-reactive ketones (excluding diaryl/α,β-unsaturated/α-hetero) is 1. The third-order valence-electron chi connectivity index (χ3n) is 6.99. The monoisotopic (exact) mass is 403 g/mol. The SMILES string of the molecule is CN(c1nccn2nc(Cc3ccc4c(c3)CC(=O)C4(C)C)nc12)C1CCCCC1. The lowest BCUT2D eigenvalue weighted by Gasteiger charge is -2.31. The minimum absolute atomic E-state index is 0.293. The van der Waals surface area contributed by atoms with E-state index in [1.165, 1.54) is 32.1 Å². The fraction of sp³-hybridized carbons (Fsp3) is 0.500. The molecule has 3 aromatic rings. The molecule has 1 aromatic carbocycles. The molecule has 0 atom stereocenters. The molecule has 2 aliphatic rings. The van der Waals surface area contributed by atoms with E-state index in [2.05, 4.69) is 35.1 Å². The number of aromatic nitrogens is 4. The standard InChI is InChI=1S/C24H29N5O/c1-24(2)19-10-9-16(13-17(19)15-20(24)30)14-21-26-23-22(25-11-12-29(23)27-21)28(3)18-7-5-4-6-8-18/h9-13,18H,4-8,14-15H2,1-3H3. The lowest BCUT2D eigenvalue weighted by Crippen LogP contribution is -2.34. The maximum absolute atomic E-state index is 12.3. The highest BCUT2D eigenvalue weighted by atomic mass is 16.1. The van der Waals surface area contributed by atoms with Crippen molar-refractivity contribution < 1.29 is 4.79 Å². The van der Waals surface area contributed by atoms with Crippen LogP contribution in [0.5, 0.6) is 0 Å². The molecule has 0 aliphatic heterocycles. The molecule has 0 N–H and O–H groups in total. The van der Waals surface area contributed by atoms with E-state index in [4.69, 9.17) is 10.1 Å². The summed E-state index contributed by atoms with van der Waals surface area (Å²) in [4.78, 5) is 24.1. The first kappa shape index (κ1) is 19.2. The van der Waals surface area contributed by atoms with Gasteiger partial charge in [-0.25, -0.2) is 14.5 Å². The third-order valence-corrected chi connectivity index (χ3v) is 6.99.